The molecule has 0 spiro atoms. The summed E-state index contributed by atoms with van der Waals surface area (Å²) >= 11 is 4.85. The second-order valence-electron chi connectivity index (χ2n) is 5.62. The summed E-state index contributed by atoms with van der Waals surface area (Å²) < 4.78 is 2.64. The van der Waals surface area contributed by atoms with Crippen molar-refractivity contribution in [1.29, 1.82) is 0 Å². The molecule has 1 amide bonds. The minimum absolute atomic E-state index is 0.158. The van der Waals surface area contributed by atoms with E-state index in [4.69, 9.17) is 0 Å². The Hall–Kier alpha value is -2.58. The number of halogens is 1. The molecule has 0 saturated carbocycles. The van der Waals surface area contributed by atoms with E-state index >= 15 is 0 Å². The van der Waals surface area contributed by atoms with Gasteiger partial charge in [0.15, 0.2) is 5.82 Å². The molecule has 130 valence electrons. The molecule has 0 fully saturated rings. The monoisotopic (exact) mass is 427 g/mol. The van der Waals surface area contributed by atoms with Crippen LogP contribution in [0.4, 0.5) is 5.69 Å². The summed E-state index contributed by atoms with van der Waals surface area (Å²) in [6, 6.07) is 14.9. The molecule has 0 bridgehead atoms. The number of fused-ring (bicyclic) bond motifs is 1. The maximum Gasteiger partial charge on any atom is 0.255 e. The van der Waals surface area contributed by atoms with Gasteiger partial charge in [-0.25, -0.2) is 0 Å². The van der Waals surface area contributed by atoms with E-state index in [1.807, 2.05) is 43.3 Å². The Kier molecular flexibility index (Phi) is 4.52. The smallest absolute Gasteiger partial charge is 0.255 e. The van der Waals surface area contributed by atoms with Crippen molar-refractivity contribution in [3.8, 4) is 10.6 Å². The Morgan fingerprint density at radius 3 is 2.85 bits per heavy atom. The van der Waals surface area contributed by atoms with E-state index in [-0.39, 0.29) is 5.91 Å². The summed E-state index contributed by atoms with van der Waals surface area (Å²) in [4.78, 5) is 13.2. The van der Waals surface area contributed by atoms with E-state index in [9.17, 15) is 4.79 Å². The van der Waals surface area contributed by atoms with Crippen LogP contribution in [0.25, 0.3) is 15.5 Å². The molecular weight excluding hydrogens is 414 g/mol. The van der Waals surface area contributed by atoms with Crippen LogP contribution in [0.3, 0.4) is 0 Å². The number of nitrogens with one attached hydrogen (secondary N) is 1. The third-order valence-corrected chi connectivity index (χ3v) is 5.27. The first kappa shape index (κ1) is 16.9. The number of carbonyl (C=O) groups excluding carboxylic acids is 1. The molecule has 0 aliphatic rings. The quantitative estimate of drug-likeness (QED) is 0.522. The molecule has 0 unspecified atom stereocenters. The summed E-state index contributed by atoms with van der Waals surface area (Å²) in [6.45, 7) is 2.02. The molecule has 0 aliphatic carbocycles. The minimum Gasteiger partial charge on any atom is -0.322 e. The zero-order valence-electron chi connectivity index (χ0n) is 13.8. The topological polar surface area (TPSA) is 72.2 Å². The van der Waals surface area contributed by atoms with Gasteiger partial charge in [0, 0.05) is 27.7 Å². The van der Waals surface area contributed by atoms with Crippen LogP contribution in [0.5, 0.6) is 0 Å². The Balaban J connectivity index is 1.61. The fourth-order valence-corrected chi connectivity index (χ4v) is 3.81. The van der Waals surface area contributed by atoms with Gasteiger partial charge in [-0.05, 0) is 30.3 Å². The summed E-state index contributed by atoms with van der Waals surface area (Å²) in [7, 11) is 0. The number of nitrogens with zero attached hydrogens (tertiary/aromatic N) is 4. The number of rotatable bonds is 4. The van der Waals surface area contributed by atoms with Gasteiger partial charge in [-0.15, -0.1) is 10.2 Å². The fourth-order valence-electron chi connectivity index (χ4n) is 2.56. The van der Waals surface area contributed by atoms with Crippen LogP contribution in [0, 0.1) is 0 Å². The predicted octanol–water partition coefficient (Wildman–Crippen LogP) is 4.43. The minimum atomic E-state index is -0.158. The lowest BCUT2D eigenvalue weighted by Crippen LogP contribution is -2.11. The van der Waals surface area contributed by atoms with Gasteiger partial charge in [0.25, 0.3) is 5.91 Å². The van der Waals surface area contributed by atoms with Crippen LogP contribution >= 0.6 is 27.3 Å². The molecule has 2 aromatic carbocycles. The van der Waals surface area contributed by atoms with Crippen LogP contribution in [0.15, 0.2) is 53.0 Å². The highest BCUT2D eigenvalue weighted by Gasteiger charge is 2.13. The highest BCUT2D eigenvalue weighted by atomic mass is 79.9. The van der Waals surface area contributed by atoms with Crippen molar-refractivity contribution >= 4 is 43.8 Å². The number of hydrogen-bond acceptors (Lipinski definition) is 5. The second-order valence-corrected chi connectivity index (χ2v) is 7.49. The highest BCUT2D eigenvalue weighted by Crippen LogP contribution is 2.27. The fraction of sp³-hybridized carbons (Fsp3) is 0.111. The number of aryl methyl sites for hydroxylation is 1. The van der Waals surface area contributed by atoms with Crippen molar-refractivity contribution in [2.75, 3.05) is 5.32 Å². The number of aromatic nitrogens is 4. The molecular formula is C18H14BrN5OS. The number of amides is 1. The van der Waals surface area contributed by atoms with Crippen molar-refractivity contribution in [3.63, 3.8) is 0 Å². The molecule has 1 N–H and O–H groups in total. The Bertz CT molecular complexity index is 1100. The van der Waals surface area contributed by atoms with Crippen LogP contribution < -0.4 is 5.32 Å². The number of hydrogen-bond donors (Lipinski definition) is 1. The molecule has 0 atom stereocenters. The van der Waals surface area contributed by atoms with Gasteiger partial charge in [-0.2, -0.15) is 9.61 Å². The van der Waals surface area contributed by atoms with E-state index < -0.39 is 0 Å². The SMILES string of the molecule is CCc1nnc2sc(-c3cccc(NC(=O)c4cccc(Br)c4)c3)nn12. The predicted molar refractivity (Wildman–Crippen MR) is 106 cm³/mol. The van der Waals surface area contributed by atoms with Gasteiger partial charge in [0.1, 0.15) is 5.01 Å². The van der Waals surface area contributed by atoms with Gasteiger partial charge in [-0.1, -0.05) is 52.4 Å². The lowest BCUT2D eigenvalue weighted by molar-refractivity contribution is 0.102. The van der Waals surface area contributed by atoms with Crippen molar-refractivity contribution < 1.29 is 4.79 Å². The molecule has 0 radical (unpaired) electrons. The van der Waals surface area contributed by atoms with Gasteiger partial charge in [0.05, 0.1) is 0 Å². The summed E-state index contributed by atoms with van der Waals surface area (Å²) in [5, 5.41) is 16.6. The van der Waals surface area contributed by atoms with Gasteiger partial charge >= 0.3 is 0 Å². The lowest BCUT2D eigenvalue weighted by atomic mass is 10.2. The largest absolute Gasteiger partial charge is 0.322 e. The summed E-state index contributed by atoms with van der Waals surface area (Å²) in [5.74, 6) is 0.677. The molecule has 4 rings (SSSR count). The van der Waals surface area contributed by atoms with Crippen molar-refractivity contribution in [2.24, 2.45) is 0 Å². The molecule has 2 aromatic heterocycles. The molecule has 0 saturated heterocycles. The molecule has 0 aliphatic heterocycles. The maximum absolute atomic E-state index is 12.4. The van der Waals surface area contributed by atoms with Gasteiger partial charge in [-0.3, -0.25) is 4.79 Å². The Morgan fingerprint density at radius 1 is 1.19 bits per heavy atom. The molecule has 26 heavy (non-hydrogen) atoms. The number of anilines is 1. The number of benzene rings is 2. The van der Waals surface area contributed by atoms with E-state index in [0.29, 0.717) is 11.3 Å². The Labute approximate surface area is 162 Å². The van der Waals surface area contributed by atoms with Crippen molar-refractivity contribution in [3.05, 3.63) is 64.4 Å². The molecule has 6 nitrogen and oxygen atoms in total. The third-order valence-electron chi connectivity index (χ3n) is 3.83. The Morgan fingerprint density at radius 2 is 2.04 bits per heavy atom. The second kappa shape index (κ2) is 6.97. The van der Waals surface area contributed by atoms with Gasteiger partial charge in [0.2, 0.25) is 4.96 Å². The first-order valence-electron chi connectivity index (χ1n) is 8.02. The van der Waals surface area contributed by atoms with E-state index in [1.54, 1.807) is 16.6 Å². The number of carbonyl (C=O) groups is 1. The lowest BCUT2D eigenvalue weighted by Gasteiger charge is -2.07. The molecule has 4 aromatic rings. The van der Waals surface area contributed by atoms with Crippen molar-refractivity contribution in [2.45, 2.75) is 13.3 Å². The van der Waals surface area contributed by atoms with E-state index in [1.165, 1.54) is 11.3 Å². The maximum atomic E-state index is 12.4. The van der Waals surface area contributed by atoms with Crippen LogP contribution in [0.2, 0.25) is 0 Å². The van der Waals surface area contributed by atoms with Gasteiger partial charge < -0.3 is 5.32 Å². The van der Waals surface area contributed by atoms with Crippen LogP contribution in [-0.4, -0.2) is 25.7 Å². The molecule has 2 heterocycles. The average Bonchev–Trinajstić information content (AvgIpc) is 3.22. The van der Waals surface area contributed by atoms with Crippen LogP contribution in [-0.2, 0) is 6.42 Å². The third kappa shape index (κ3) is 3.25. The first-order chi connectivity index (χ1) is 12.6. The zero-order valence-corrected chi connectivity index (χ0v) is 16.2. The first-order valence-corrected chi connectivity index (χ1v) is 9.63. The summed E-state index contributed by atoms with van der Waals surface area (Å²) in [6.07, 6.45) is 0.771. The summed E-state index contributed by atoms with van der Waals surface area (Å²) in [5.41, 5.74) is 2.24. The van der Waals surface area contributed by atoms with E-state index in [0.717, 1.165) is 32.2 Å². The van der Waals surface area contributed by atoms with Crippen molar-refractivity contribution in [1.82, 2.24) is 19.8 Å². The highest BCUT2D eigenvalue weighted by molar-refractivity contribution is 9.10. The molecule has 8 heteroatoms. The van der Waals surface area contributed by atoms with Crippen LogP contribution in [0.1, 0.15) is 23.1 Å². The van der Waals surface area contributed by atoms with E-state index in [2.05, 4.69) is 36.5 Å². The zero-order chi connectivity index (χ0) is 18.1. The normalized spacial score (nSPS) is 11.0. The standard InChI is InChI=1S/C18H14BrN5OS/c1-2-15-21-22-18-24(15)23-17(26-18)12-6-4-8-14(10-12)20-16(25)11-5-3-7-13(19)9-11/h3-10H,2H2,1H3,(H,20,25). The average molecular weight is 428 g/mol.